The molecule has 0 radical (unpaired) electrons. The van der Waals surface area contributed by atoms with Crippen molar-refractivity contribution in [3.8, 4) is 0 Å². The highest BCUT2D eigenvalue weighted by Crippen LogP contribution is 2.02. The highest BCUT2D eigenvalue weighted by molar-refractivity contribution is 5.69. The van der Waals surface area contributed by atoms with Crippen molar-refractivity contribution < 1.29 is 14.6 Å². The van der Waals surface area contributed by atoms with E-state index in [1.165, 1.54) is 0 Å². The van der Waals surface area contributed by atoms with Crippen LogP contribution in [0.15, 0.2) is 0 Å². The number of hydrogen-bond acceptors (Lipinski definition) is 4. The van der Waals surface area contributed by atoms with E-state index in [-0.39, 0.29) is 6.54 Å². The van der Waals surface area contributed by atoms with Crippen LogP contribution in [0.1, 0.15) is 13.3 Å². The molecule has 0 unspecified atom stereocenters. The molecule has 1 aliphatic heterocycles. The van der Waals surface area contributed by atoms with Gasteiger partial charge in [0.05, 0.1) is 13.2 Å². The van der Waals surface area contributed by atoms with Gasteiger partial charge in [-0.15, -0.1) is 0 Å². The number of carbonyl (C=O) groups is 1. The molecule has 1 fully saturated rings. The van der Waals surface area contributed by atoms with Gasteiger partial charge in [-0.05, 0) is 19.9 Å². The summed E-state index contributed by atoms with van der Waals surface area (Å²) >= 11 is 0. The van der Waals surface area contributed by atoms with Crippen LogP contribution in [0.2, 0.25) is 0 Å². The van der Waals surface area contributed by atoms with Gasteiger partial charge < -0.3 is 9.84 Å². The first kappa shape index (κ1) is 13.4. The van der Waals surface area contributed by atoms with E-state index >= 15 is 0 Å². The van der Waals surface area contributed by atoms with Crippen LogP contribution in [0.5, 0.6) is 0 Å². The van der Waals surface area contributed by atoms with Crippen LogP contribution in [0.4, 0.5) is 0 Å². The monoisotopic (exact) mass is 230 g/mol. The van der Waals surface area contributed by atoms with Gasteiger partial charge in [0.1, 0.15) is 0 Å². The fourth-order valence-corrected chi connectivity index (χ4v) is 1.94. The van der Waals surface area contributed by atoms with Gasteiger partial charge in [0.25, 0.3) is 0 Å². The Balaban J connectivity index is 2.20. The number of carboxylic acids is 1. The lowest BCUT2D eigenvalue weighted by molar-refractivity contribution is -0.138. The summed E-state index contributed by atoms with van der Waals surface area (Å²) < 4.78 is 5.32. The Hall–Kier alpha value is -0.650. The average Bonchev–Trinajstić information content (AvgIpc) is 2.44. The van der Waals surface area contributed by atoms with E-state index in [0.29, 0.717) is 0 Å². The van der Waals surface area contributed by atoms with Gasteiger partial charge in [-0.3, -0.25) is 14.6 Å². The van der Waals surface area contributed by atoms with Crippen LogP contribution >= 0.6 is 0 Å². The lowest BCUT2D eigenvalue weighted by Gasteiger charge is -2.20. The van der Waals surface area contributed by atoms with Crippen LogP contribution in [0.25, 0.3) is 0 Å². The minimum Gasteiger partial charge on any atom is -0.480 e. The van der Waals surface area contributed by atoms with Crippen LogP contribution in [0, 0.1) is 0 Å². The summed E-state index contributed by atoms with van der Waals surface area (Å²) in [6, 6.07) is 0. The van der Waals surface area contributed by atoms with E-state index in [4.69, 9.17) is 9.84 Å². The molecule has 0 spiro atoms. The Morgan fingerprint density at radius 2 is 1.94 bits per heavy atom. The SMILES string of the molecule is CCOCCN1CCCN(CC(=O)O)CC1. The molecule has 0 aromatic rings. The molecular formula is C11H22N2O3. The van der Waals surface area contributed by atoms with Crippen molar-refractivity contribution in [3.05, 3.63) is 0 Å². The molecular weight excluding hydrogens is 208 g/mol. The molecule has 16 heavy (non-hydrogen) atoms. The Kier molecular flexibility index (Phi) is 6.37. The van der Waals surface area contributed by atoms with Crippen molar-refractivity contribution in [2.24, 2.45) is 0 Å². The lowest BCUT2D eigenvalue weighted by atomic mass is 10.4. The van der Waals surface area contributed by atoms with Gasteiger partial charge in [0.15, 0.2) is 0 Å². The summed E-state index contributed by atoms with van der Waals surface area (Å²) in [5.41, 5.74) is 0. The highest BCUT2D eigenvalue weighted by atomic mass is 16.5. The van der Waals surface area contributed by atoms with Crippen LogP contribution in [-0.4, -0.2) is 73.4 Å². The second-order valence-electron chi connectivity index (χ2n) is 4.06. The molecule has 5 heteroatoms. The minimum atomic E-state index is -0.734. The maximum atomic E-state index is 10.6. The van der Waals surface area contributed by atoms with Crippen molar-refractivity contribution in [2.45, 2.75) is 13.3 Å². The van der Waals surface area contributed by atoms with Gasteiger partial charge in [-0.25, -0.2) is 0 Å². The first-order valence-electron chi connectivity index (χ1n) is 5.96. The quantitative estimate of drug-likeness (QED) is 0.657. The largest absolute Gasteiger partial charge is 0.480 e. The Labute approximate surface area is 97.0 Å². The number of nitrogens with zero attached hydrogens (tertiary/aromatic N) is 2. The maximum absolute atomic E-state index is 10.6. The fraction of sp³-hybridized carbons (Fsp3) is 0.909. The van der Waals surface area contributed by atoms with Gasteiger partial charge in [-0.1, -0.05) is 0 Å². The molecule has 0 aromatic carbocycles. The first-order valence-corrected chi connectivity index (χ1v) is 5.96. The third-order valence-corrected chi connectivity index (χ3v) is 2.80. The van der Waals surface area contributed by atoms with Crippen molar-refractivity contribution in [1.82, 2.24) is 9.80 Å². The fourth-order valence-electron chi connectivity index (χ4n) is 1.94. The van der Waals surface area contributed by atoms with E-state index in [0.717, 1.165) is 52.4 Å². The van der Waals surface area contributed by atoms with Crippen molar-refractivity contribution in [3.63, 3.8) is 0 Å². The van der Waals surface area contributed by atoms with Crippen LogP contribution in [0.3, 0.4) is 0 Å². The Morgan fingerprint density at radius 1 is 1.25 bits per heavy atom. The second-order valence-corrected chi connectivity index (χ2v) is 4.06. The Bertz CT molecular complexity index is 211. The molecule has 1 aliphatic rings. The van der Waals surface area contributed by atoms with Crippen molar-refractivity contribution in [2.75, 3.05) is 52.5 Å². The zero-order valence-electron chi connectivity index (χ0n) is 10.0. The predicted molar refractivity (Wildman–Crippen MR) is 61.6 cm³/mol. The summed E-state index contributed by atoms with van der Waals surface area (Å²) in [6.45, 7) is 8.37. The molecule has 0 aromatic heterocycles. The van der Waals surface area contributed by atoms with Gasteiger partial charge in [0.2, 0.25) is 0 Å². The van der Waals surface area contributed by atoms with E-state index < -0.39 is 5.97 Å². The van der Waals surface area contributed by atoms with Crippen LogP contribution < -0.4 is 0 Å². The molecule has 1 heterocycles. The van der Waals surface area contributed by atoms with E-state index in [9.17, 15) is 4.79 Å². The number of carboxylic acid groups (broad SMARTS) is 1. The predicted octanol–water partition coefficient (Wildman–Crippen LogP) is 0.115. The molecule has 94 valence electrons. The van der Waals surface area contributed by atoms with Gasteiger partial charge >= 0.3 is 5.97 Å². The summed E-state index contributed by atoms with van der Waals surface area (Å²) in [7, 11) is 0. The summed E-state index contributed by atoms with van der Waals surface area (Å²) in [5, 5.41) is 8.72. The topological polar surface area (TPSA) is 53.0 Å². The van der Waals surface area contributed by atoms with E-state index in [1.54, 1.807) is 0 Å². The first-order chi connectivity index (χ1) is 7.72. The summed E-state index contributed by atoms with van der Waals surface area (Å²) in [4.78, 5) is 14.9. The number of hydrogen-bond donors (Lipinski definition) is 1. The molecule has 1 N–H and O–H groups in total. The van der Waals surface area contributed by atoms with Crippen molar-refractivity contribution in [1.29, 1.82) is 0 Å². The number of rotatable bonds is 6. The zero-order valence-corrected chi connectivity index (χ0v) is 10.0. The molecule has 1 saturated heterocycles. The number of ether oxygens (including phenoxy) is 1. The summed E-state index contributed by atoms with van der Waals surface area (Å²) in [6.07, 6.45) is 1.04. The highest BCUT2D eigenvalue weighted by Gasteiger charge is 2.16. The maximum Gasteiger partial charge on any atom is 0.317 e. The minimum absolute atomic E-state index is 0.166. The van der Waals surface area contributed by atoms with Gasteiger partial charge in [0, 0.05) is 32.8 Å². The van der Waals surface area contributed by atoms with E-state index in [1.807, 2.05) is 11.8 Å². The Morgan fingerprint density at radius 3 is 2.62 bits per heavy atom. The third kappa shape index (κ3) is 5.44. The average molecular weight is 230 g/mol. The molecule has 0 bridgehead atoms. The lowest BCUT2D eigenvalue weighted by Crippen LogP contribution is -2.35. The second kappa shape index (κ2) is 7.60. The molecule has 5 nitrogen and oxygen atoms in total. The standard InChI is InChI=1S/C11H22N2O3/c1-2-16-9-8-12-4-3-5-13(7-6-12)10-11(14)15/h2-10H2,1H3,(H,14,15). The molecule has 1 rings (SSSR count). The van der Waals surface area contributed by atoms with Crippen molar-refractivity contribution >= 4 is 5.97 Å². The molecule has 0 saturated carbocycles. The summed E-state index contributed by atoms with van der Waals surface area (Å²) in [5.74, 6) is -0.734. The van der Waals surface area contributed by atoms with E-state index in [2.05, 4.69) is 4.90 Å². The molecule has 0 aliphatic carbocycles. The molecule has 0 atom stereocenters. The van der Waals surface area contributed by atoms with Gasteiger partial charge in [-0.2, -0.15) is 0 Å². The third-order valence-electron chi connectivity index (χ3n) is 2.80. The smallest absolute Gasteiger partial charge is 0.317 e. The van der Waals surface area contributed by atoms with Crippen LogP contribution in [-0.2, 0) is 9.53 Å². The normalized spacial score (nSPS) is 19.6. The number of aliphatic carboxylic acids is 1. The molecule has 0 amide bonds. The zero-order chi connectivity index (χ0) is 11.8.